The van der Waals surface area contributed by atoms with Crippen LogP contribution in [0.5, 0.6) is 0 Å². The fourth-order valence-electron chi connectivity index (χ4n) is 4.72. The van der Waals surface area contributed by atoms with Gasteiger partial charge in [0.15, 0.2) is 5.58 Å². The van der Waals surface area contributed by atoms with Crippen LogP contribution >= 0.6 is 0 Å². The van der Waals surface area contributed by atoms with Crippen molar-refractivity contribution in [2.24, 2.45) is 0 Å². The number of aromatic nitrogens is 1. The lowest BCUT2D eigenvalue weighted by Gasteiger charge is -2.34. The van der Waals surface area contributed by atoms with Crippen molar-refractivity contribution < 1.29 is 9.32 Å². The van der Waals surface area contributed by atoms with Crippen LogP contribution in [0, 0.1) is 0 Å². The number of hydrogen-bond acceptors (Lipinski definition) is 6. The zero-order chi connectivity index (χ0) is 19.1. The summed E-state index contributed by atoms with van der Waals surface area (Å²) in [6.07, 6.45) is 3.13. The van der Waals surface area contributed by atoms with Gasteiger partial charge in [0.25, 0.3) is 5.91 Å². The van der Waals surface area contributed by atoms with E-state index in [1.54, 1.807) is 0 Å². The number of carbonyl (C=O) groups is 1. The summed E-state index contributed by atoms with van der Waals surface area (Å²) in [7, 11) is 0. The molecule has 148 valence electrons. The van der Waals surface area contributed by atoms with Crippen LogP contribution in [0.1, 0.15) is 37.8 Å². The van der Waals surface area contributed by atoms with Crippen molar-refractivity contribution in [1.29, 1.82) is 0 Å². The molecule has 0 aliphatic carbocycles. The first-order valence-electron chi connectivity index (χ1n) is 10.3. The number of hydrogen-bond donors (Lipinski definition) is 2. The minimum Gasteiger partial charge on any atom is -0.356 e. The van der Waals surface area contributed by atoms with Crippen LogP contribution < -0.4 is 10.9 Å². The van der Waals surface area contributed by atoms with E-state index in [0.29, 0.717) is 5.92 Å². The lowest BCUT2D eigenvalue weighted by molar-refractivity contribution is -0.128. The molecule has 7 nitrogen and oxygen atoms in total. The van der Waals surface area contributed by atoms with Gasteiger partial charge < -0.3 is 19.7 Å². The summed E-state index contributed by atoms with van der Waals surface area (Å²) in [5.74, 6) is 0.599. The zero-order valence-electron chi connectivity index (χ0n) is 16.3. The summed E-state index contributed by atoms with van der Waals surface area (Å²) in [6.45, 7) is 6.73. The number of amides is 1. The number of benzene rings is 1. The molecule has 0 bridgehead atoms. The van der Waals surface area contributed by atoms with E-state index in [9.17, 15) is 4.79 Å². The molecular weight excluding hydrogens is 354 g/mol. The molecule has 3 aliphatic rings. The molecule has 1 aromatic carbocycles. The normalized spacial score (nSPS) is 24.1. The second kappa shape index (κ2) is 7.22. The average Bonchev–Trinajstić information content (AvgIpc) is 3.32. The number of fused-ring (bicyclic) bond motifs is 1. The SMILES string of the molecule is CC1NNC2=C1CCN(CCN1CCC(c3noc4ccccc34)CC1)C2=O. The third-order valence-electron chi connectivity index (χ3n) is 6.48. The maximum atomic E-state index is 12.7. The Morgan fingerprint density at radius 1 is 1.18 bits per heavy atom. The van der Waals surface area contributed by atoms with Gasteiger partial charge in [-0.2, -0.15) is 0 Å². The molecule has 0 spiro atoms. The number of nitrogens with zero attached hydrogens (tertiary/aromatic N) is 3. The van der Waals surface area contributed by atoms with Gasteiger partial charge in [0.2, 0.25) is 0 Å². The van der Waals surface area contributed by atoms with Crippen molar-refractivity contribution in [3.8, 4) is 0 Å². The molecule has 2 N–H and O–H groups in total. The Morgan fingerprint density at radius 2 is 2.00 bits per heavy atom. The Hall–Kier alpha value is -2.38. The summed E-state index contributed by atoms with van der Waals surface area (Å²) >= 11 is 0. The molecule has 7 heteroatoms. The quantitative estimate of drug-likeness (QED) is 0.844. The first-order chi connectivity index (χ1) is 13.7. The van der Waals surface area contributed by atoms with Gasteiger partial charge in [-0.15, -0.1) is 0 Å². The van der Waals surface area contributed by atoms with Crippen molar-refractivity contribution in [3.63, 3.8) is 0 Å². The molecule has 3 aliphatic heterocycles. The van der Waals surface area contributed by atoms with E-state index in [1.165, 1.54) is 5.57 Å². The van der Waals surface area contributed by atoms with Gasteiger partial charge in [-0.25, -0.2) is 5.43 Å². The summed E-state index contributed by atoms with van der Waals surface area (Å²) in [5.41, 5.74) is 10.2. The third kappa shape index (κ3) is 3.08. The van der Waals surface area contributed by atoms with Gasteiger partial charge in [-0.3, -0.25) is 4.79 Å². The lowest BCUT2D eigenvalue weighted by Crippen LogP contribution is -2.45. The Kier molecular flexibility index (Phi) is 4.56. The van der Waals surface area contributed by atoms with Gasteiger partial charge in [-0.1, -0.05) is 17.3 Å². The van der Waals surface area contributed by atoms with Crippen molar-refractivity contribution >= 4 is 16.9 Å². The summed E-state index contributed by atoms with van der Waals surface area (Å²) < 4.78 is 5.49. The number of hydrazine groups is 1. The van der Waals surface area contributed by atoms with Crippen molar-refractivity contribution in [2.75, 3.05) is 32.7 Å². The minimum atomic E-state index is 0.141. The van der Waals surface area contributed by atoms with E-state index >= 15 is 0 Å². The largest absolute Gasteiger partial charge is 0.356 e. The second-order valence-corrected chi connectivity index (χ2v) is 8.11. The standard InChI is InChI=1S/C21H27N5O2/c1-14-16-8-11-26(21(27)20(16)23-22-14)13-12-25-9-6-15(7-10-25)19-17-4-2-3-5-18(17)28-24-19/h2-5,14-15,22-23H,6-13H2,1H3. The Morgan fingerprint density at radius 3 is 2.86 bits per heavy atom. The molecular formula is C21H27N5O2. The molecule has 4 heterocycles. The van der Waals surface area contributed by atoms with Gasteiger partial charge in [0.05, 0.1) is 5.69 Å². The predicted molar refractivity (Wildman–Crippen MR) is 106 cm³/mol. The van der Waals surface area contributed by atoms with Crippen LogP contribution in [0.3, 0.4) is 0 Å². The molecule has 1 atom stereocenters. The summed E-state index contributed by atoms with van der Waals surface area (Å²) in [5, 5.41) is 5.49. The smallest absolute Gasteiger partial charge is 0.271 e. The maximum absolute atomic E-state index is 12.7. The summed E-state index contributed by atoms with van der Waals surface area (Å²) in [6, 6.07) is 8.37. The van der Waals surface area contributed by atoms with Gasteiger partial charge in [0, 0.05) is 37.0 Å². The predicted octanol–water partition coefficient (Wildman–Crippen LogP) is 1.99. The molecule has 28 heavy (non-hydrogen) atoms. The van der Waals surface area contributed by atoms with E-state index in [2.05, 4.69) is 33.9 Å². The fraction of sp³-hybridized carbons (Fsp3) is 0.524. The fourth-order valence-corrected chi connectivity index (χ4v) is 4.72. The number of para-hydroxylation sites is 1. The first kappa shape index (κ1) is 17.7. The van der Waals surface area contributed by atoms with E-state index < -0.39 is 0 Å². The van der Waals surface area contributed by atoms with E-state index in [0.717, 1.165) is 74.3 Å². The van der Waals surface area contributed by atoms with Crippen molar-refractivity contribution in [3.05, 3.63) is 41.2 Å². The number of nitrogens with one attached hydrogen (secondary N) is 2. The van der Waals surface area contributed by atoms with Crippen molar-refractivity contribution in [1.82, 2.24) is 25.8 Å². The number of likely N-dealkylation sites (tertiary alicyclic amines) is 1. The number of piperidine rings is 1. The monoisotopic (exact) mass is 381 g/mol. The molecule has 1 fully saturated rings. The van der Waals surface area contributed by atoms with Gasteiger partial charge in [-0.05, 0) is 57.0 Å². The highest BCUT2D eigenvalue weighted by Crippen LogP contribution is 2.32. The van der Waals surface area contributed by atoms with E-state index in [4.69, 9.17) is 4.52 Å². The van der Waals surface area contributed by atoms with Gasteiger partial charge >= 0.3 is 0 Å². The average molecular weight is 381 g/mol. The highest BCUT2D eigenvalue weighted by atomic mass is 16.5. The summed E-state index contributed by atoms with van der Waals surface area (Å²) in [4.78, 5) is 17.1. The van der Waals surface area contributed by atoms with Crippen LogP contribution in [0.15, 0.2) is 40.1 Å². The number of rotatable bonds is 4. The topological polar surface area (TPSA) is 73.6 Å². The molecule has 1 unspecified atom stereocenters. The molecule has 0 saturated carbocycles. The maximum Gasteiger partial charge on any atom is 0.271 e. The Labute approximate surface area is 164 Å². The van der Waals surface area contributed by atoms with Crippen LogP contribution in [0.25, 0.3) is 11.0 Å². The van der Waals surface area contributed by atoms with Crippen LogP contribution in [-0.4, -0.2) is 59.6 Å². The van der Waals surface area contributed by atoms with E-state index in [1.807, 2.05) is 23.1 Å². The molecule has 1 amide bonds. The minimum absolute atomic E-state index is 0.141. The molecule has 2 aromatic rings. The molecule has 1 saturated heterocycles. The Bertz CT molecular complexity index is 912. The van der Waals surface area contributed by atoms with Crippen LogP contribution in [0.2, 0.25) is 0 Å². The van der Waals surface area contributed by atoms with Crippen LogP contribution in [0.4, 0.5) is 0 Å². The highest BCUT2D eigenvalue weighted by Gasteiger charge is 2.33. The number of carbonyl (C=O) groups excluding carboxylic acids is 1. The lowest BCUT2D eigenvalue weighted by atomic mass is 9.91. The highest BCUT2D eigenvalue weighted by molar-refractivity contribution is 5.95. The molecule has 0 radical (unpaired) electrons. The molecule has 1 aromatic heterocycles. The van der Waals surface area contributed by atoms with Crippen molar-refractivity contribution in [2.45, 2.75) is 38.1 Å². The first-order valence-corrected chi connectivity index (χ1v) is 10.3. The van der Waals surface area contributed by atoms with E-state index in [-0.39, 0.29) is 11.9 Å². The third-order valence-corrected chi connectivity index (χ3v) is 6.48. The zero-order valence-corrected chi connectivity index (χ0v) is 16.3. The van der Waals surface area contributed by atoms with Gasteiger partial charge in [0.1, 0.15) is 5.70 Å². The van der Waals surface area contributed by atoms with Crippen LogP contribution in [-0.2, 0) is 4.79 Å². The Balaban J connectivity index is 1.15. The molecule has 5 rings (SSSR count). The second-order valence-electron chi connectivity index (χ2n) is 8.11.